The molecule has 0 unspecified atom stereocenters. The number of rotatable bonds is 1. The highest BCUT2D eigenvalue weighted by molar-refractivity contribution is 6.32. The molecule has 0 aliphatic heterocycles. The van der Waals surface area contributed by atoms with Gasteiger partial charge in [-0.3, -0.25) is 10.0 Å². The van der Waals surface area contributed by atoms with E-state index in [1.807, 2.05) is 0 Å². The lowest BCUT2D eigenvalue weighted by molar-refractivity contribution is 0.0702. The van der Waals surface area contributed by atoms with Crippen LogP contribution in [0.1, 0.15) is 10.4 Å². The molecule has 0 aromatic heterocycles. The second-order valence-electron chi connectivity index (χ2n) is 2.18. The molecule has 1 aromatic carbocycles. The molecule has 0 aliphatic carbocycles. The number of hydrogen-bond acceptors (Lipinski definition) is 2. The maximum Gasteiger partial charge on any atom is 0.277 e. The van der Waals surface area contributed by atoms with E-state index < -0.39 is 11.7 Å². The van der Waals surface area contributed by atoms with Crippen LogP contribution in [0.5, 0.6) is 0 Å². The highest BCUT2D eigenvalue weighted by Gasteiger charge is 2.09. The van der Waals surface area contributed by atoms with Gasteiger partial charge in [-0.15, -0.1) is 0 Å². The minimum Gasteiger partial charge on any atom is -0.288 e. The fourth-order valence-corrected chi connectivity index (χ4v) is 0.776. The number of carbonyl (C=O) groups excluding carboxylic acids is 1. The van der Waals surface area contributed by atoms with E-state index in [4.69, 9.17) is 13.1 Å². The van der Waals surface area contributed by atoms with Crippen molar-refractivity contribution in [1.29, 1.82) is 0 Å². The Bertz CT molecular complexity index is 316. The van der Waals surface area contributed by atoms with Crippen LogP contribution in [-0.2, 0) is 0 Å². The van der Waals surface area contributed by atoms with Crippen molar-refractivity contribution in [3.63, 3.8) is 0 Å². The van der Waals surface area contributed by atoms with E-state index in [9.17, 15) is 9.18 Å². The molecule has 12 heavy (non-hydrogen) atoms. The Morgan fingerprint density at radius 3 is 2.75 bits per heavy atom. The van der Waals surface area contributed by atoms with Gasteiger partial charge < -0.3 is 0 Å². The van der Waals surface area contributed by atoms with E-state index in [1.165, 1.54) is 17.6 Å². The van der Waals surface area contributed by atoms with Gasteiger partial charge in [-0.25, -0.2) is 9.87 Å². The first-order chi connectivity index (χ1) is 5.65. The van der Waals surface area contributed by atoms with Crippen molar-refractivity contribution in [3.05, 3.63) is 29.6 Å². The normalized spacial score (nSPS) is 9.50. The van der Waals surface area contributed by atoms with Gasteiger partial charge in [-0.05, 0) is 12.1 Å². The summed E-state index contributed by atoms with van der Waals surface area (Å²) in [5, 5.41) is 8.18. The molecule has 1 rings (SSSR count). The second kappa shape index (κ2) is 3.36. The van der Waals surface area contributed by atoms with Crippen LogP contribution in [0.2, 0.25) is 0 Å². The second-order valence-corrected chi connectivity index (χ2v) is 2.18. The lowest BCUT2D eigenvalue weighted by atomic mass is 9.95. The van der Waals surface area contributed by atoms with E-state index in [0.717, 1.165) is 6.07 Å². The van der Waals surface area contributed by atoms with Crippen molar-refractivity contribution >= 4 is 19.2 Å². The highest BCUT2D eigenvalue weighted by Crippen LogP contribution is 2.03. The molecule has 1 amide bonds. The molecular formula is C7H5BFNO2. The first-order valence-corrected chi connectivity index (χ1v) is 3.14. The maximum atomic E-state index is 12.8. The molecular weight excluding hydrogens is 160 g/mol. The van der Waals surface area contributed by atoms with Crippen LogP contribution in [0.25, 0.3) is 0 Å². The molecule has 0 aliphatic rings. The number of amides is 1. The van der Waals surface area contributed by atoms with Crippen LogP contribution < -0.4 is 10.9 Å². The molecule has 0 fully saturated rings. The van der Waals surface area contributed by atoms with Crippen molar-refractivity contribution in [2.45, 2.75) is 0 Å². The monoisotopic (exact) mass is 165 g/mol. The van der Waals surface area contributed by atoms with Gasteiger partial charge in [-0.1, -0.05) is 11.5 Å². The molecule has 0 saturated heterocycles. The third-order valence-corrected chi connectivity index (χ3v) is 1.34. The van der Waals surface area contributed by atoms with Crippen molar-refractivity contribution < 1.29 is 14.4 Å². The topological polar surface area (TPSA) is 49.3 Å². The summed E-state index contributed by atoms with van der Waals surface area (Å²) in [7, 11) is 5.23. The smallest absolute Gasteiger partial charge is 0.277 e. The third kappa shape index (κ3) is 1.62. The fraction of sp³-hybridized carbons (Fsp3) is 0. The summed E-state index contributed by atoms with van der Waals surface area (Å²) < 4.78 is 12.8. The van der Waals surface area contributed by atoms with Crippen molar-refractivity contribution in [1.82, 2.24) is 5.48 Å². The van der Waals surface area contributed by atoms with Gasteiger partial charge in [0.25, 0.3) is 5.91 Å². The molecule has 2 radical (unpaired) electrons. The molecule has 0 saturated carbocycles. The summed E-state index contributed by atoms with van der Waals surface area (Å²) in [6.07, 6.45) is 0. The van der Waals surface area contributed by atoms with Gasteiger partial charge in [0.15, 0.2) is 0 Å². The van der Waals surface area contributed by atoms with Crippen LogP contribution in [0.4, 0.5) is 4.39 Å². The molecule has 1 aromatic rings. The van der Waals surface area contributed by atoms with Gasteiger partial charge in [0.05, 0.1) is 5.56 Å². The lowest BCUT2D eigenvalue weighted by Crippen LogP contribution is -2.21. The van der Waals surface area contributed by atoms with Crippen LogP contribution in [0.3, 0.4) is 0 Å². The average molecular weight is 165 g/mol. The van der Waals surface area contributed by atoms with Crippen LogP contribution in [0, 0.1) is 5.82 Å². The first-order valence-electron chi connectivity index (χ1n) is 3.14. The summed E-state index contributed by atoms with van der Waals surface area (Å²) in [4.78, 5) is 10.7. The Kier molecular flexibility index (Phi) is 2.45. The molecule has 0 heterocycles. The fourth-order valence-electron chi connectivity index (χ4n) is 0.776. The van der Waals surface area contributed by atoms with Gasteiger partial charge in [-0.2, -0.15) is 0 Å². The van der Waals surface area contributed by atoms with Gasteiger partial charge >= 0.3 is 0 Å². The number of halogens is 1. The number of hydrogen-bond donors (Lipinski definition) is 2. The lowest BCUT2D eigenvalue weighted by Gasteiger charge is -2.00. The van der Waals surface area contributed by atoms with Crippen LogP contribution in [-0.4, -0.2) is 19.0 Å². The van der Waals surface area contributed by atoms with Gasteiger partial charge in [0, 0.05) is 0 Å². The Hall–Kier alpha value is -1.36. The Morgan fingerprint density at radius 2 is 2.25 bits per heavy atom. The number of carbonyl (C=O) groups is 1. The standard InChI is InChI=1S/C7H5BFNO2/c8-4-1-2-5(6(9)3-4)7(11)10-12/h1-3,12H,(H,10,11). The van der Waals surface area contributed by atoms with Gasteiger partial charge in [0.1, 0.15) is 13.7 Å². The van der Waals surface area contributed by atoms with Crippen molar-refractivity contribution in [3.8, 4) is 0 Å². The summed E-state index contributed by atoms with van der Waals surface area (Å²) in [5.74, 6) is -1.66. The number of nitrogens with one attached hydrogen (secondary N) is 1. The van der Waals surface area contributed by atoms with E-state index in [1.54, 1.807) is 0 Å². The molecule has 2 N–H and O–H groups in total. The third-order valence-electron chi connectivity index (χ3n) is 1.34. The Balaban J connectivity index is 3.09. The Labute approximate surface area is 69.6 Å². The summed E-state index contributed by atoms with van der Waals surface area (Å²) in [5.41, 5.74) is 1.30. The van der Waals surface area contributed by atoms with E-state index in [-0.39, 0.29) is 11.0 Å². The molecule has 5 heteroatoms. The first kappa shape index (κ1) is 8.74. The van der Waals surface area contributed by atoms with E-state index in [2.05, 4.69) is 0 Å². The van der Waals surface area contributed by atoms with E-state index in [0.29, 0.717) is 0 Å². The predicted octanol–water partition coefficient (Wildman–Crippen LogP) is -0.262. The highest BCUT2D eigenvalue weighted by atomic mass is 19.1. The zero-order valence-corrected chi connectivity index (χ0v) is 6.04. The largest absolute Gasteiger partial charge is 0.288 e. The molecule has 0 atom stereocenters. The zero-order valence-electron chi connectivity index (χ0n) is 6.04. The van der Waals surface area contributed by atoms with Crippen molar-refractivity contribution in [2.75, 3.05) is 0 Å². The SMILES string of the molecule is [B]c1ccc(C(=O)NO)c(F)c1. The minimum atomic E-state index is -0.896. The molecule has 3 nitrogen and oxygen atoms in total. The number of hydroxylamine groups is 1. The van der Waals surface area contributed by atoms with Crippen LogP contribution in [0.15, 0.2) is 18.2 Å². The van der Waals surface area contributed by atoms with E-state index >= 15 is 0 Å². The Morgan fingerprint density at radius 1 is 1.58 bits per heavy atom. The van der Waals surface area contributed by atoms with Crippen molar-refractivity contribution in [2.24, 2.45) is 0 Å². The van der Waals surface area contributed by atoms with Gasteiger partial charge in [0.2, 0.25) is 0 Å². The molecule has 0 bridgehead atoms. The summed E-state index contributed by atoms with van der Waals surface area (Å²) in [6, 6.07) is 3.56. The molecule has 0 spiro atoms. The zero-order chi connectivity index (χ0) is 9.14. The summed E-state index contributed by atoms with van der Waals surface area (Å²) in [6.45, 7) is 0. The quantitative estimate of drug-likeness (QED) is 0.342. The average Bonchev–Trinajstić information content (AvgIpc) is 2.03. The maximum absolute atomic E-state index is 12.8. The minimum absolute atomic E-state index is 0.224. The number of benzene rings is 1. The summed E-state index contributed by atoms with van der Waals surface area (Å²) >= 11 is 0. The molecule has 60 valence electrons. The predicted molar refractivity (Wildman–Crippen MR) is 41.0 cm³/mol. The van der Waals surface area contributed by atoms with Crippen LogP contribution >= 0.6 is 0 Å².